The summed E-state index contributed by atoms with van der Waals surface area (Å²) in [4.78, 5) is 19.7. The summed E-state index contributed by atoms with van der Waals surface area (Å²) < 4.78 is 0. The maximum Gasteiger partial charge on any atom is 0.251 e. The maximum absolute atomic E-state index is 12.9. The SMILES string of the molecule is CC=C1Sc2ccc(C(=O)NCCCN3CCCCC3)cc2N(CC2CCCCC2)C1=N. The van der Waals surface area contributed by atoms with Crippen LogP contribution in [0.25, 0.3) is 0 Å². The van der Waals surface area contributed by atoms with Gasteiger partial charge in [0.2, 0.25) is 0 Å². The summed E-state index contributed by atoms with van der Waals surface area (Å²) in [6.07, 6.45) is 13.4. The second kappa shape index (κ2) is 11.4. The minimum Gasteiger partial charge on any atom is -0.352 e. The molecule has 6 heteroatoms. The normalized spacial score (nSPS) is 21.6. The Bertz CT molecular complexity index is 840. The molecule has 2 heterocycles. The van der Waals surface area contributed by atoms with Crippen molar-refractivity contribution in [2.24, 2.45) is 5.92 Å². The van der Waals surface area contributed by atoms with Crippen LogP contribution in [0.5, 0.6) is 0 Å². The lowest BCUT2D eigenvalue weighted by molar-refractivity contribution is 0.0951. The number of carbonyl (C=O) groups excluding carboxylic acids is 1. The lowest BCUT2D eigenvalue weighted by Gasteiger charge is -2.36. The molecule has 2 aliphatic heterocycles. The zero-order valence-corrected chi connectivity index (χ0v) is 20.3. The maximum atomic E-state index is 12.9. The van der Waals surface area contributed by atoms with Crippen LogP contribution < -0.4 is 10.2 Å². The highest BCUT2D eigenvalue weighted by molar-refractivity contribution is 8.04. The number of hydrogen-bond donors (Lipinski definition) is 2. The van der Waals surface area contributed by atoms with Gasteiger partial charge >= 0.3 is 0 Å². The Hall–Kier alpha value is -1.79. The van der Waals surface area contributed by atoms with Crippen LogP contribution in [0.1, 0.15) is 75.1 Å². The second-order valence-corrected chi connectivity index (χ2v) is 10.5. The number of amidine groups is 1. The highest BCUT2D eigenvalue weighted by Gasteiger charge is 2.29. The number of piperidine rings is 1. The summed E-state index contributed by atoms with van der Waals surface area (Å²) in [6, 6.07) is 6.01. The topological polar surface area (TPSA) is 59.4 Å². The van der Waals surface area contributed by atoms with Crippen molar-refractivity contribution in [3.63, 3.8) is 0 Å². The fourth-order valence-corrected chi connectivity index (χ4v) is 6.15. The van der Waals surface area contributed by atoms with E-state index in [1.54, 1.807) is 11.8 Å². The molecule has 0 spiro atoms. The van der Waals surface area contributed by atoms with Crippen LogP contribution in [0.2, 0.25) is 0 Å². The molecule has 0 radical (unpaired) electrons. The fraction of sp³-hybridized carbons (Fsp3) is 0.615. The predicted molar refractivity (Wildman–Crippen MR) is 135 cm³/mol. The van der Waals surface area contributed by atoms with Gasteiger partial charge in [0.15, 0.2) is 0 Å². The first-order chi connectivity index (χ1) is 15.7. The summed E-state index contributed by atoms with van der Waals surface area (Å²) >= 11 is 1.65. The number of hydrogen-bond acceptors (Lipinski definition) is 4. The van der Waals surface area contributed by atoms with Crippen molar-refractivity contribution in [1.82, 2.24) is 10.2 Å². The minimum absolute atomic E-state index is 0.00239. The molecular weight excluding hydrogens is 416 g/mol. The Morgan fingerprint density at radius 2 is 1.91 bits per heavy atom. The van der Waals surface area contributed by atoms with Crippen molar-refractivity contribution < 1.29 is 4.79 Å². The van der Waals surface area contributed by atoms with E-state index in [1.807, 2.05) is 25.1 Å². The standard InChI is InChI=1S/C26H38N4OS/c1-2-23-25(27)30(19-20-10-5-3-6-11-20)22-18-21(12-13-24(22)32-23)26(31)28-14-9-17-29-15-7-4-8-16-29/h2,12-13,18,20,27H,3-11,14-17,19H2,1H3,(H,28,31). The van der Waals surface area contributed by atoms with Gasteiger partial charge in [0.05, 0.1) is 10.6 Å². The number of fused-ring (bicyclic) bond motifs is 1. The molecule has 2 N–H and O–H groups in total. The van der Waals surface area contributed by atoms with Gasteiger partial charge in [-0.15, -0.1) is 0 Å². The number of nitrogens with one attached hydrogen (secondary N) is 2. The van der Waals surface area contributed by atoms with Crippen LogP contribution >= 0.6 is 11.8 Å². The lowest BCUT2D eigenvalue weighted by Crippen LogP contribution is -2.38. The van der Waals surface area contributed by atoms with Crippen molar-refractivity contribution in [3.05, 3.63) is 34.7 Å². The number of carbonyl (C=O) groups is 1. The molecule has 1 aromatic carbocycles. The quantitative estimate of drug-likeness (QED) is 0.522. The number of likely N-dealkylation sites (tertiary alicyclic amines) is 1. The third-order valence-electron chi connectivity index (χ3n) is 7.05. The van der Waals surface area contributed by atoms with E-state index in [4.69, 9.17) is 5.41 Å². The molecule has 1 aliphatic carbocycles. The van der Waals surface area contributed by atoms with E-state index in [-0.39, 0.29) is 5.91 Å². The van der Waals surface area contributed by atoms with E-state index in [1.165, 1.54) is 64.5 Å². The first kappa shape index (κ1) is 23.4. The van der Waals surface area contributed by atoms with E-state index in [0.717, 1.165) is 35.0 Å². The van der Waals surface area contributed by atoms with Crippen molar-refractivity contribution in [1.29, 1.82) is 5.41 Å². The first-order valence-electron chi connectivity index (χ1n) is 12.5. The van der Waals surface area contributed by atoms with Gasteiger partial charge in [-0.25, -0.2) is 0 Å². The van der Waals surface area contributed by atoms with Gasteiger partial charge in [0.1, 0.15) is 5.84 Å². The van der Waals surface area contributed by atoms with Crippen LogP contribution in [-0.4, -0.2) is 49.4 Å². The summed E-state index contributed by atoms with van der Waals surface area (Å²) in [7, 11) is 0. The van der Waals surface area contributed by atoms with Crippen LogP contribution in [0, 0.1) is 11.3 Å². The highest BCUT2D eigenvalue weighted by Crippen LogP contribution is 2.43. The number of rotatable bonds is 7. The fourth-order valence-electron chi connectivity index (χ4n) is 5.18. The highest BCUT2D eigenvalue weighted by atomic mass is 32.2. The van der Waals surface area contributed by atoms with Crippen LogP contribution in [-0.2, 0) is 0 Å². The summed E-state index contributed by atoms with van der Waals surface area (Å²) in [5, 5.41) is 11.9. The molecule has 0 bridgehead atoms. The zero-order valence-electron chi connectivity index (χ0n) is 19.5. The average Bonchev–Trinajstić information content (AvgIpc) is 2.84. The molecule has 1 saturated heterocycles. The van der Waals surface area contributed by atoms with Crippen LogP contribution in [0.4, 0.5) is 5.69 Å². The minimum atomic E-state index is -0.00239. The zero-order chi connectivity index (χ0) is 22.3. The van der Waals surface area contributed by atoms with Gasteiger partial charge in [-0.2, -0.15) is 0 Å². The largest absolute Gasteiger partial charge is 0.352 e. The summed E-state index contributed by atoms with van der Waals surface area (Å²) in [5.41, 5.74) is 1.73. The second-order valence-electron chi connectivity index (χ2n) is 9.41. The molecule has 2 fully saturated rings. The van der Waals surface area contributed by atoms with Crippen molar-refractivity contribution in [2.45, 2.75) is 69.6 Å². The van der Waals surface area contributed by atoms with Crippen LogP contribution in [0.15, 0.2) is 34.1 Å². The molecule has 174 valence electrons. The molecule has 4 rings (SSSR count). The molecule has 0 atom stereocenters. The Morgan fingerprint density at radius 1 is 1.16 bits per heavy atom. The van der Waals surface area contributed by atoms with Gasteiger partial charge in [0.25, 0.3) is 5.91 Å². The molecule has 32 heavy (non-hydrogen) atoms. The summed E-state index contributed by atoms with van der Waals surface area (Å²) in [5.74, 6) is 1.21. The molecule has 3 aliphatic rings. The van der Waals surface area contributed by atoms with Crippen LogP contribution in [0.3, 0.4) is 0 Å². The van der Waals surface area contributed by atoms with E-state index in [0.29, 0.717) is 23.9 Å². The third-order valence-corrected chi connectivity index (χ3v) is 8.26. The number of nitrogens with zero attached hydrogens (tertiary/aromatic N) is 2. The third kappa shape index (κ3) is 5.76. The van der Waals surface area contributed by atoms with Crippen molar-refractivity contribution >= 4 is 29.2 Å². The van der Waals surface area contributed by atoms with Gasteiger partial charge in [-0.3, -0.25) is 10.2 Å². The van der Waals surface area contributed by atoms with E-state index < -0.39 is 0 Å². The molecule has 1 saturated carbocycles. The van der Waals surface area contributed by atoms with E-state index >= 15 is 0 Å². The predicted octanol–water partition coefficient (Wildman–Crippen LogP) is 5.67. The number of amides is 1. The molecule has 0 unspecified atom stereocenters. The Morgan fingerprint density at radius 3 is 2.66 bits per heavy atom. The van der Waals surface area contributed by atoms with Crippen molar-refractivity contribution in [3.8, 4) is 0 Å². The molecule has 0 aromatic heterocycles. The molecule has 1 aromatic rings. The molecule has 1 amide bonds. The average molecular weight is 455 g/mol. The van der Waals surface area contributed by atoms with Gasteiger partial charge < -0.3 is 15.1 Å². The van der Waals surface area contributed by atoms with E-state index in [9.17, 15) is 4.79 Å². The monoisotopic (exact) mass is 454 g/mol. The Kier molecular flexibility index (Phi) is 8.31. The van der Waals surface area contributed by atoms with E-state index in [2.05, 4.69) is 21.2 Å². The number of anilines is 1. The molecule has 5 nitrogen and oxygen atoms in total. The number of benzene rings is 1. The molecular formula is C26H38N4OS. The van der Waals surface area contributed by atoms with Gasteiger partial charge in [-0.1, -0.05) is 43.5 Å². The lowest BCUT2D eigenvalue weighted by atomic mass is 9.88. The first-order valence-corrected chi connectivity index (χ1v) is 13.3. The van der Waals surface area contributed by atoms with Crippen molar-refractivity contribution in [2.75, 3.05) is 37.6 Å². The number of allylic oxidation sites excluding steroid dienone is 1. The Balaban J connectivity index is 1.41. The van der Waals surface area contributed by atoms with Gasteiger partial charge in [-0.05, 0) is 82.8 Å². The number of thioether (sulfide) groups is 1. The Labute approximate surface area is 197 Å². The van der Waals surface area contributed by atoms with Gasteiger partial charge in [0, 0.05) is 23.5 Å². The smallest absolute Gasteiger partial charge is 0.251 e. The summed E-state index contributed by atoms with van der Waals surface area (Å²) in [6.45, 7) is 7.07.